The number of allylic oxidation sites excluding steroid dienone is 2. The van der Waals surface area contributed by atoms with E-state index in [0.717, 1.165) is 42.9 Å². The molecule has 1 heterocycles. The van der Waals surface area contributed by atoms with E-state index in [9.17, 15) is 0 Å². The van der Waals surface area contributed by atoms with Gasteiger partial charge in [0.05, 0.1) is 19.6 Å². The Balaban J connectivity index is 2.00. The van der Waals surface area contributed by atoms with Crippen molar-refractivity contribution in [2.75, 3.05) is 21.3 Å². The maximum absolute atomic E-state index is 6.53. The molecule has 0 radical (unpaired) electrons. The molecule has 1 N–H and O–H groups in total. The average molecular weight is 341 g/mol. The summed E-state index contributed by atoms with van der Waals surface area (Å²) >= 11 is 0. The van der Waals surface area contributed by atoms with E-state index in [0.29, 0.717) is 6.04 Å². The molecule has 1 aromatic carbocycles. The first-order valence-corrected chi connectivity index (χ1v) is 9.21. The number of hydrogen-bond donors (Lipinski definition) is 1. The average Bonchev–Trinajstić information content (AvgIpc) is 3.00. The molecule has 134 valence electrons. The van der Waals surface area contributed by atoms with Gasteiger partial charge in [-0.25, -0.2) is 0 Å². The fourth-order valence-corrected chi connectivity index (χ4v) is 4.94. The fourth-order valence-electron chi connectivity index (χ4n) is 4.94. The number of unbranched alkanes of at least 4 members (excludes halogenated alkanes) is 1. The van der Waals surface area contributed by atoms with Gasteiger partial charge in [-0.05, 0) is 43.2 Å². The van der Waals surface area contributed by atoms with Crippen molar-refractivity contribution in [3.8, 4) is 11.5 Å². The molecule has 3 atom stereocenters. The lowest BCUT2D eigenvalue weighted by molar-refractivity contribution is 0.106. The topological polar surface area (TPSA) is 39.7 Å². The van der Waals surface area contributed by atoms with Gasteiger partial charge in [0.15, 0.2) is 17.6 Å². The Morgan fingerprint density at radius 1 is 1.24 bits per heavy atom. The van der Waals surface area contributed by atoms with Gasteiger partial charge >= 0.3 is 0 Å². The van der Waals surface area contributed by atoms with Crippen LogP contribution in [-0.2, 0) is 16.6 Å². The Labute approximate surface area is 149 Å². The third-order valence-electron chi connectivity index (χ3n) is 6.07. The number of likely N-dealkylation sites (N-methyl/N-ethyl adjacent to an activating group) is 1. The van der Waals surface area contributed by atoms with Crippen LogP contribution >= 0.6 is 0 Å². The Hall–Kier alpha value is -1.94. The second kappa shape index (κ2) is 6.10. The van der Waals surface area contributed by atoms with Gasteiger partial charge in [0, 0.05) is 11.6 Å². The van der Waals surface area contributed by atoms with Gasteiger partial charge < -0.3 is 19.5 Å². The number of hydrogen-bond acceptors (Lipinski definition) is 4. The quantitative estimate of drug-likeness (QED) is 0.860. The fraction of sp³-hybridized carbons (Fsp3) is 0.524. The van der Waals surface area contributed by atoms with Gasteiger partial charge in [0.25, 0.3) is 0 Å². The molecule has 1 aliphatic heterocycles. The van der Waals surface area contributed by atoms with Crippen LogP contribution in [0.1, 0.15) is 37.3 Å². The van der Waals surface area contributed by atoms with Crippen LogP contribution in [0.4, 0.5) is 0 Å². The van der Waals surface area contributed by atoms with E-state index in [2.05, 4.69) is 37.5 Å². The summed E-state index contributed by atoms with van der Waals surface area (Å²) in [6.45, 7) is 2.25. The standard InChI is InChI=1S/C21H27NO3/c1-5-6-11-21-14-8-10-17(24-4)20(21)25-19-16(23-3)9-7-13(18(19)21)12-15(14)22-2/h7-10,15,20,22H,5-6,11-12H2,1-4H3/t15?,20?,21-/m0/s1. The van der Waals surface area contributed by atoms with E-state index in [1.165, 1.54) is 16.7 Å². The molecule has 25 heavy (non-hydrogen) atoms. The van der Waals surface area contributed by atoms with Crippen LogP contribution in [0.2, 0.25) is 0 Å². The minimum absolute atomic E-state index is 0.106. The lowest BCUT2D eigenvalue weighted by atomic mass is 9.59. The van der Waals surface area contributed by atoms with E-state index in [-0.39, 0.29) is 11.5 Å². The highest BCUT2D eigenvalue weighted by atomic mass is 16.6. The molecule has 2 unspecified atom stereocenters. The van der Waals surface area contributed by atoms with Crippen LogP contribution in [0.5, 0.6) is 11.5 Å². The minimum Gasteiger partial charge on any atom is -0.497 e. The first-order chi connectivity index (χ1) is 12.2. The SMILES string of the molecule is CCCC[C@@]12C3=CC=C(OC)C1Oc1c(OC)ccc(c12)CC3NC. The van der Waals surface area contributed by atoms with Gasteiger partial charge in [0.2, 0.25) is 0 Å². The van der Waals surface area contributed by atoms with Crippen molar-refractivity contribution >= 4 is 0 Å². The van der Waals surface area contributed by atoms with Gasteiger partial charge in [-0.15, -0.1) is 0 Å². The maximum atomic E-state index is 6.53. The van der Waals surface area contributed by atoms with E-state index in [4.69, 9.17) is 14.2 Å². The highest BCUT2D eigenvalue weighted by molar-refractivity contribution is 5.67. The number of methoxy groups -OCH3 is 2. The van der Waals surface area contributed by atoms with E-state index in [1.54, 1.807) is 14.2 Å². The molecular formula is C21H27NO3. The molecule has 0 aromatic heterocycles. The highest BCUT2D eigenvalue weighted by Crippen LogP contribution is 2.60. The van der Waals surface area contributed by atoms with Crippen molar-refractivity contribution in [2.45, 2.75) is 50.2 Å². The number of benzene rings is 1. The lowest BCUT2D eigenvalue weighted by Crippen LogP contribution is -2.52. The molecule has 2 aliphatic carbocycles. The van der Waals surface area contributed by atoms with Crippen molar-refractivity contribution in [1.29, 1.82) is 0 Å². The molecule has 1 aromatic rings. The lowest BCUT2D eigenvalue weighted by Gasteiger charge is -2.46. The van der Waals surface area contributed by atoms with Crippen LogP contribution in [0.15, 0.2) is 35.6 Å². The molecule has 0 amide bonds. The Bertz CT molecular complexity index is 752. The Morgan fingerprint density at radius 3 is 2.76 bits per heavy atom. The van der Waals surface area contributed by atoms with E-state index < -0.39 is 0 Å². The first-order valence-electron chi connectivity index (χ1n) is 9.21. The molecule has 0 saturated carbocycles. The van der Waals surface area contributed by atoms with Gasteiger partial charge in [-0.3, -0.25) is 0 Å². The zero-order valence-corrected chi connectivity index (χ0v) is 15.5. The summed E-state index contributed by atoms with van der Waals surface area (Å²) in [6.07, 6.45) is 8.59. The van der Waals surface area contributed by atoms with Crippen LogP contribution < -0.4 is 14.8 Å². The summed E-state index contributed by atoms with van der Waals surface area (Å²) in [7, 11) is 5.50. The van der Waals surface area contributed by atoms with Gasteiger partial charge in [-0.1, -0.05) is 31.9 Å². The van der Waals surface area contributed by atoms with Gasteiger partial charge in [0.1, 0.15) is 5.76 Å². The van der Waals surface area contributed by atoms with Crippen molar-refractivity contribution in [1.82, 2.24) is 5.32 Å². The van der Waals surface area contributed by atoms with Crippen molar-refractivity contribution < 1.29 is 14.2 Å². The molecule has 0 fully saturated rings. The van der Waals surface area contributed by atoms with Crippen LogP contribution in [-0.4, -0.2) is 33.4 Å². The van der Waals surface area contributed by atoms with Crippen molar-refractivity contribution in [2.24, 2.45) is 0 Å². The Morgan fingerprint density at radius 2 is 2.08 bits per heavy atom. The monoisotopic (exact) mass is 341 g/mol. The molecule has 4 heteroatoms. The first kappa shape index (κ1) is 16.5. The third kappa shape index (κ3) is 2.10. The molecule has 4 rings (SSSR count). The van der Waals surface area contributed by atoms with Crippen molar-refractivity contribution in [3.63, 3.8) is 0 Å². The van der Waals surface area contributed by atoms with E-state index in [1.807, 2.05) is 6.07 Å². The predicted molar refractivity (Wildman–Crippen MR) is 98.3 cm³/mol. The molecule has 4 nitrogen and oxygen atoms in total. The zero-order chi connectivity index (χ0) is 17.6. The normalized spacial score (nSPS) is 28.6. The maximum Gasteiger partial charge on any atom is 0.169 e. The summed E-state index contributed by atoms with van der Waals surface area (Å²) in [4.78, 5) is 0. The summed E-state index contributed by atoms with van der Waals surface area (Å²) in [5.74, 6) is 2.63. The van der Waals surface area contributed by atoms with Crippen LogP contribution in [0, 0.1) is 0 Å². The van der Waals surface area contributed by atoms with E-state index >= 15 is 0 Å². The molecule has 0 spiro atoms. The number of rotatable bonds is 6. The van der Waals surface area contributed by atoms with Crippen molar-refractivity contribution in [3.05, 3.63) is 46.7 Å². The minimum atomic E-state index is -0.152. The zero-order valence-electron chi connectivity index (χ0n) is 15.5. The predicted octanol–water partition coefficient (Wildman–Crippen LogP) is 3.50. The van der Waals surface area contributed by atoms with Gasteiger partial charge in [-0.2, -0.15) is 0 Å². The molecular weight excluding hydrogens is 314 g/mol. The number of ether oxygens (including phenoxy) is 3. The summed E-state index contributed by atoms with van der Waals surface area (Å²) in [6, 6.07) is 4.57. The Kier molecular flexibility index (Phi) is 4.03. The summed E-state index contributed by atoms with van der Waals surface area (Å²) in [5.41, 5.74) is 3.96. The third-order valence-corrected chi connectivity index (χ3v) is 6.07. The summed E-state index contributed by atoms with van der Waals surface area (Å²) in [5, 5.41) is 3.53. The largest absolute Gasteiger partial charge is 0.497 e. The molecule has 0 bridgehead atoms. The van der Waals surface area contributed by atoms with Crippen LogP contribution in [0.25, 0.3) is 0 Å². The number of nitrogens with one attached hydrogen (secondary N) is 1. The second-order valence-corrected chi connectivity index (χ2v) is 7.14. The molecule has 3 aliphatic rings. The van der Waals surface area contributed by atoms with Crippen LogP contribution in [0.3, 0.4) is 0 Å². The summed E-state index contributed by atoms with van der Waals surface area (Å²) < 4.78 is 17.9. The smallest absolute Gasteiger partial charge is 0.169 e. The molecule has 0 saturated heterocycles. The highest BCUT2D eigenvalue weighted by Gasteiger charge is 2.59. The second-order valence-electron chi connectivity index (χ2n) is 7.14.